The van der Waals surface area contributed by atoms with E-state index in [4.69, 9.17) is 0 Å². The van der Waals surface area contributed by atoms with Crippen LogP contribution in [0.15, 0.2) is 24.3 Å². The molecule has 1 fully saturated rings. The van der Waals surface area contributed by atoms with Crippen molar-refractivity contribution in [1.29, 1.82) is 0 Å². The van der Waals surface area contributed by atoms with Crippen LogP contribution in [-0.4, -0.2) is 21.0 Å². The summed E-state index contributed by atoms with van der Waals surface area (Å²) in [5, 5.41) is 0.220. The maximum Gasteiger partial charge on any atom is 0.175 e. The van der Waals surface area contributed by atoms with E-state index in [0.717, 1.165) is 24.8 Å². The van der Waals surface area contributed by atoms with Crippen LogP contribution in [0, 0.1) is 12.8 Å². The van der Waals surface area contributed by atoms with E-state index in [0.29, 0.717) is 11.5 Å². The number of rotatable bonds is 4. The van der Waals surface area contributed by atoms with Crippen molar-refractivity contribution in [2.75, 3.05) is 5.75 Å². The summed E-state index contributed by atoms with van der Waals surface area (Å²) in [5.74, 6) is 0.845. The Hall–Kier alpha value is -0.960. The summed E-state index contributed by atoms with van der Waals surface area (Å²) in [4.78, 5) is 12.1. The van der Waals surface area contributed by atoms with Gasteiger partial charge in [-0.2, -0.15) is 0 Å². The molecule has 2 nitrogen and oxygen atoms in total. The van der Waals surface area contributed by atoms with Crippen LogP contribution in [0.3, 0.4) is 0 Å². The molecule has 0 amide bonds. The molecule has 0 aliphatic heterocycles. The summed E-state index contributed by atoms with van der Waals surface area (Å²) in [7, 11) is -1.01. The minimum absolute atomic E-state index is 0.0141. The molecule has 3 heteroatoms. The highest BCUT2D eigenvalue weighted by Gasteiger charge is 2.25. The first-order valence-corrected chi connectivity index (χ1v) is 8.41. The highest BCUT2D eigenvalue weighted by molar-refractivity contribution is 7.86. The predicted molar refractivity (Wildman–Crippen MR) is 79.9 cm³/mol. The van der Waals surface area contributed by atoms with Gasteiger partial charge in [0.15, 0.2) is 5.78 Å². The van der Waals surface area contributed by atoms with Crippen LogP contribution >= 0.6 is 0 Å². The third kappa shape index (κ3) is 4.00. The normalized spacial score (nSPS) is 24.9. The Morgan fingerprint density at radius 1 is 1.37 bits per heavy atom. The average Bonchev–Trinajstić information content (AvgIpc) is 2.38. The van der Waals surface area contributed by atoms with Crippen LogP contribution in [0.5, 0.6) is 0 Å². The second-order valence-corrected chi connectivity index (χ2v) is 7.43. The van der Waals surface area contributed by atoms with Crippen molar-refractivity contribution in [3.63, 3.8) is 0 Å². The lowest BCUT2D eigenvalue weighted by atomic mass is 9.91. The first-order chi connectivity index (χ1) is 9.06. The van der Waals surface area contributed by atoms with Crippen molar-refractivity contribution < 1.29 is 9.00 Å². The van der Waals surface area contributed by atoms with Gasteiger partial charge in [-0.1, -0.05) is 43.5 Å². The highest BCUT2D eigenvalue weighted by Crippen LogP contribution is 2.27. The highest BCUT2D eigenvalue weighted by atomic mass is 32.2. The maximum atomic E-state index is 12.3. The minimum Gasteiger partial charge on any atom is -0.293 e. The number of aryl methyl sites for hydroxylation is 1. The molecular formula is C16H22O2S. The van der Waals surface area contributed by atoms with Gasteiger partial charge >= 0.3 is 0 Å². The van der Waals surface area contributed by atoms with Crippen LogP contribution in [0.25, 0.3) is 0 Å². The van der Waals surface area contributed by atoms with Crippen LogP contribution in [0.4, 0.5) is 0 Å². The molecule has 0 radical (unpaired) electrons. The third-order valence-corrected chi connectivity index (χ3v) is 5.59. The Kier molecular flexibility index (Phi) is 4.92. The quantitative estimate of drug-likeness (QED) is 0.790. The average molecular weight is 278 g/mol. The lowest BCUT2D eigenvalue weighted by Gasteiger charge is -2.25. The van der Waals surface area contributed by atoms with Crippen molar-refractivity contribution in [2.24, 2.45) is 5.92 Å². The van der Waals surface area contributed by atoms with Gasteiger partial charge in [0.1, 0.15) is 0 Å². The van der Waals surface area contributed by atoms with Crippen LogP contribution in [0.2, 0.25) is 0 Å². The Morgan fingerprint density at radius 3 is 2.84 bits per heavy atom. The first kappa shape index (κ1) is 14.4. The summed E-state index contributed by atoms with van der Waals surface area (Å²) < 4.78 is 12.3. The molecule has 0 aromatic heterocycles. The van der Waals surface area contributed by atoms with Crippen LogP contribution < -0.4 is 0 Å². The number of carbonyl (C=O) groups excluding carboxylic acids is 1. The summed E-state index contributed by atoms with van der Waals surface area (Å²) in [6.45, 7) is 4.18. The molecule has 3 unspecified atom stereocenters. The molecule has 3 atom stereocenters. The van der Waals surface area contributed by atoms with Gasteiger partial charge in [0, 0.05) is 21.6 Å². The molecule has 0 N–H and O–H groups in total. The topological polar surface area (TPSA) is 34.1 Å². The Morgan fingerprint density at radius 2 is 2.16 bits per heavy atom. The van der Waals surface area contributed by atoms with E-state index in [1.165, 1.54) is 6.42 Å². The molecule has 104 valence electrons. The summed E-state index contributed by atoms with van der Waals surface area (Å²) in [5.41, 5.74) is 1.76. The third-order valence-electron chi connectivity index (χ3n) is 3.87. The molecule has 0 heterocycles. The zero-order valence-corrected chi connectivity index (χ0v) is 12.5. The van der Waals surface area contributed by atoms with Gasteiger partial charge in [-0.15, -0.1) is 0 Å². The molecular weight excluding hydrogens is 256 g/mol. The van der Waals surface area contributed by atoms with Gasteiger partial charge < -0.3 is 0 Å². The first-order valence-electron chi connectivity index (χ1n) is 7.03. The second-order valence-electron chi connectivity index (χ2n) is 5.71. The number of benzene rings is 1. The lowest BCUT2D eigenvalue weighted by molar-refractivity contribution is 0.102. The van der Waals surface area contributed by atoms with Crippen molar-refractivity contribution in [2.45, 2.75) is 44.8 Å². The van der Waals surface area contributed by atoms with E-state index in [-0.39, 0.29) is 16.8 Å². The van der Waals surface area contributed by atoms with Gasteiger partial charge in [-0.25, -0.2) is 0 Å². The Labute approximate surface area is 118 Å². The maximum absolute atomic E-state index is 12.3. The SMILES string of the molecule is Cc1cccc(C(=O)CS(=O)C2CCCC(C)C2)c1. The minimum atomic E-state index is -1.01. The fraction of sp³-hybridized carbons (Fsp3) is 0.562. The lowest BCUT2D eigenvalue weighted by Crippen LogP contribution is -2.27. The van der Waals surface area contributed by atoms with Gasteiger partial charge in [0.25, 0.3) is 0 Å². The van der Waals surface area contributed by atoms with E-state index < -0.39 is 10.8 Å². The van der Waals surface area contributed by atoms with Crippen molar-refractivity contribution in [1.82, 2.24) is 0 Å². The molecule has 19 heavy (non-hydrogen) atoms. The molecule has 0 bridgehead atoms. The molecule has 0 saturated heterocycles. The number of ketones is 1. The number of hydrogen-bond acceptors (Lipinski definition) is 2. The van der Waals surface area contributed by atoms with Crippen molar-refractivity contribution in [3.8, 4) is 0 Å². The fourth-order valence-corrected chi connectivity index (χ4v) is 4.40. The smallest absolute Gasteiger partial charge is 0.175 e. The van der Waals surface area contributed by atoms with Gasteiger partial charge in [-0.3, -0.25) is 9.00 Å². The molecule has 1 aliphatic carbocycles. The summed E-state index contributed by atoms with van der Waals surface area (Å²) in [6, 6.07) is 7.55. The van der Waals surface area contributed by atoms with Crippen molar-refractivity contribution in [3.05, 3.63) is 35.4 Å². The van der Waals surface area contributed by atoms with E-state index in [2.05, 4.69) is 6.92 Å². The molecule has 2 rings (SSSR count). The monoisotopic (exact) mass is 278 g/mol. The molecule has 1 aromatic rings. The Balaban J connectivity index is 1.97. The van der Waals surface area contributed by atoms with E-state index in [1.54, 1.807) is 0 Å². The number of hydrogen-bond donors (Lipinski definition) is 0. The predicted octanol–water partition coefficient (Wildman–Crippen LogP) is 3.51. The number of Topliss-reactive ketones (excluding diaryl/α,β-unsaturated/α-hetero) is 1. The van der Waals surface area contributed by atoms with E-state index in [1.807, 2.05) is 31.2 Å². The van der Waals surface area contributed by atoms with E-state index in [9.17, 15) is 9.00 Å². The largest absolute Gasteiger partial charge is 0.293 e. The standard InChI is InChI=1S/C16H22O2S/c1-12-5-3-7-14(9-12)16(17)11-19(18)15-8-4-6-13(2)10-15/h3,5,7,9,13,15H,4,6,8,10-11H2,1-2H3. The summed E-state index contributed by atoms with van der Waals surface area (Å²) in [6.07, 6.45) is 4.40. The summed E-state index contributed by atoms with van der Waals surface area (Å²) >= 11 is 0. The van der Waals surface area contributed by atoms with Crippen LogP contribution in [0.1, 0.15) is 48.5 Å². The Bertz CT molecular complexity index is 481. The number of carbonyl (C=O) groups is 1. The van der Waals surface area contributed by atoms with Crippen LogP contribution in [-0.2, 0) is 10.8 Å². The van der Waals surface area contributed by atoms with Gasteiger partial charge in [0.05, 0.1) is 5.75 Å². The zero-order chi connectivity index (χ0) is 13.8. The van der Waals surface area contributed by atoms with E-state index >= 15 is 0 Å². The molecule has 1 saturated carbocycles. The van der Waals surface area contributed by atoms with Crippen molar-refractivity contribution >= 4 is 16.6 Å². The zero-order valence-electron chi connectivity index (χ0n) is 11.7. The molecule has 0 spiro atoms. The van der Waals surface area contributed by atoms with Gasteiger partial charge in [-0.05, 0) is 31.7 Å². The van der Waals surface area contributed by atoms with Gasteiger partial charge in [0.2, 0.25) is 0 Å². The molecule has 1 aliphatic rings. The molecule has 1 aromatic carbocycles. The fourth-order valence-electron chi connectivity index (χ4n) is 2.77. The second kappa shape index (κ2) is 6.47.